The molecule has 5 amide bonds. The number of imide groups is 2. The van der Waals surface area contributed by atoms with Crippen molar-refractivity contribution in [2.75, 3.05) is 68.7 Å². The SMILES string of the molecule is N#Cc1cnc(Nc2cc(NC3CC3)c(C(=O)NCC(F)COCCOCCOCCNc3cccc4c3C(=O)N(C3CCC(=O)NC3=O)C4=O)cn2)c(F)c1. The van der Waals surface area contributed by atoms with E-state index in [0.717, 1.165) is 23.8 Å². The van der Waals surface area contributed by atoms with E-state index in [1.165, 1.54) is 24.5 Å². The van der Waals surface area contributed by atoms with Gasteiger partial charge in [0.2, 0.25) is 11.8 Å². The molecule has 2 fully saturated rings. The fraction of sp³-hybridized carbons (Fsp3) is 0.405. The van der Waals surface area contributed by atoms with Crippen molar-refractivity contribution in [2.45, 2.75) is 43.9 Å². The normalized spacial score (nSPS) is 16.9. The number of halogens is 2. The molecule has 0 bridgehead atoms. The Bertz CT molecular complexity index is 2030. The number of carbonyl (C=O) groups is 5. The summed E-state index contributed by atoms with van der Waals surface area (Å²) in [6.45, 7) is 0.768. The highest BCUT2D eigenvalue weighted by Crippen LogP contribution is 2.32. The average molecular weight is 776 g/mol. The van der Waals surface area contributed by atoms with Crippen LogP contribution in [-0.2, 0) is 23.8 Å². The van der Waals surface area contributed by atoms with Gasteiger partial charge in [-0.05, 0) is 37.5 Å². The number of alkyl halides is 1. The Hall–Kier alpha value is -6.10. The Morgan fingerprint density at radius 2 is 1.75 bits per heavy atom. The summed E-state index contributed by atoms with van der Waals surface area (Å²) in [7, 11) is 0. The smallest absolute Gasteiger partial charge is 0.264 e. The number of hydrogen-bond acceptors (Lipinski definition) is 14. The van der Waals surface area contributed by atoms with E-state index < -0.39 is 47.6 Å². The molecular formula is C37H39F2N9O8. The van der Waals surface area contributed by atoms with Crippen LogP contribution in [0.1, 0.15) is 62.3 Å². The fourth-order valence-electron chi connectivity index (χ4n) is 5.91. The number of ether oxygens (including phenoxy) is 3. The Morgan fingerprint density at radius 1 is 0.982 bits per heavy atom. The van der Waals surface area contributed by atoms with Gasteiger partial charge < -0.3 is 35.5 Å². The molecule has 1 saturated carbocycles. The molecule has 0 spiro atoms. The summed E-state index contributed by atoms with van der Waals surface area (Å²) in [4.78, 5) is 71.9. The highest BCUT2D eigenvalue weighted by molar-refractivity contribution is 6.25. The first-order valence-corrected chi connectivity index (χ1v) is 18.0. The first kappa shape index (κ1) is 39.6. The third-order valence-electron chi connectivity index (χ3n) is 8.86. The van der Waals surface area contributed by atoms with Crippen LogP contribution < -0.4 is 26.6 Å². The number of nitrogens with zero attached hydrogens (tertiary/aromatic N) is 4. The van der Waals surface area contributed by atoms with Crippen LogP contribution in [0, 0.1) is 17.1 Å². The van der Waals surface area contributed by atoms with E-state index in [0.29, 0.717) is 17.9 Å². The van der Waals surface area contributed by atoms with E-state index in [-0.39, 0.29) is 99.0 Å². The van der Waals surface area contributed by atoms with Crippen molar-refractivity contribution >= 4 is 52.5 Å². The molecule has 2 aromatic heterocycles. The number of anilines is 4. The number of benzene rings is 1. The van der Waals surface area contributed by atoms with Gasteiger partial charge in [-0.25, -0.2) is 18.7 Å². The number of hydrogen-bond donors (Lipinski definition) is 5. The van der Waals surface area contributed by atoms with Crippen molar-refractivity contribution in [1.29, 1.82) is 5.26 Å². The number of piperidine rings is 1. The third kappa shape index (κ3) is 9.95. The summed E-state index contributed by atoms with van der Waals surface area (Å²) in [5.74, 6) is -3.51. The van der Waals surface area contributed by atoms with Crippen molar-refractivity contribution < 1.29 is 47.0 Å². The molecule has 2 unspecified atom stereocenters. The molecule has 5 N–H and O–H groups in total. The number of carbonyl (C=O) groups excluding carboxylic acids is 5. The zero-order chi connectivity index (χ0) is 39.6. The minimum atomic E-state index is -1.49. The molecule has 2 aliphatic heterocycles. The van der Waals surface area contributed by atoms with Gasteiger partial charge in [0.1, 0.15) is 24.1 Å². The van der Waals surface area contributed by atoms with Crippen LogP contribution in [-0.4, -0.2) is 115 Å². The predicted molar refractivity (Wildman–Crippen MR) is 194 cm³/mol. The maximum atomic E-state index is 14.5. The number of rotatable bonds is 20. The molecule has 4 heterocycles. The van der Waals surface area contributed by atoms with Crippen LogP contribution in [0.25, 0.3) is 0 Å². The van der Waals surface area contributed by atoms with E-state index in [1.807, 2.05) is 6.07 Å². The summed E-state index contributed by atoms with van der Waals surface area (Å²) in [6, 6.07) is 8.31. The van der Waals surface area contributed by atoms with Gasteiger partial charge in [-0.3, -0.25) is 34.2 Å². The van der Waals surface area contributed by atoms with Crippen LogP contribution >= 0.6 is 0 Å². The maximum Gasteiger partial charge on any atom is 0.264 e. The topological polar surface area (TPSA) is 226 Å². The standard InChI is InChI=1S/C37H39F2N9O8/c38-22(18-44-34(50)25-19-42-30(15-28(25)45-23-4-5-23)46-33-26(39)14-21(16-40)17-43-33)20-56-13-12-55-11-10-54-9-8-41-27-3-1-2-24-32(27)37(53)48(36(24)52)29-6-7-31(49)47-35(29)51/h1-3,14-15,17,19,22-23,29,41H,4-13,18,20H2,(H,44,50)(H,47,49,51)(H2,42,43,45,46). The number of fused-ring (bicyclic) bond motifs is 1. The van der Waals surface area contributed by atoms with Gasteiger partial charge >= 0.3 is 0 Å². The number of nitriles is 1. The van der Waals surface area contributed by atoms with Crippen molar-refractivity contribution in [3.8, 4) is 6.07 Å². The lowest BCUT2D eigenvalue weighted by atomic mass is 10.0. The van der Waals surface area contributed by atoms with Gasteiger partial charge in [-0.2, -0.15) is 5.26 Å². The zero-order valence-corrected chi connectivity index (χ0v) is 30.1. The first-order valence-electron chi connectivity index (χ1n) is 18.0. The summed E-state index contributed by atoms with van der Waals surface area (Å²) < 4.78 is 45.2. The van der Waals surface area contributed by atoms with Crippen molar-refractivity contribution in [2.24, 2.45) is 0 Å². The van der Waals surface area contributed by atoms with Gasteiger partial charge in [-0.15, -0.1) is 0 Å². The van der Waals surface area contributed by atoms with Crippen LogP contribution in [0.3, 0.4) is 0 Å². The van der Waals surface area contributed by atoms with Gasteiger partial charge in [0.15, 0.2) is 11.6 Å². The molecule has 19 heteroatoms. The molecule has 294 valence electrons. The Labute approximate surface area is 319 Å². The van der Waals surface area contributed by atoms with Crippen LogP contribution in [0.2, 0.25) is 0 Å². The van der Waals surface area contributed by atoms with Crippen LogP contribution in [0.5, 0.6) is 0 Å². The molecule has 1 aliphatic carbocycles. The molecule has 3 aromatic rings. The predicted octanol–water partition coefficient (Wildman–Crippen LogP) is 2.44. The van der Waals surface area contributed by atoms with Crippen LogP contribution in [0.4, 0.5) is 31.8 Å². The summed E-state index contributed by atoms with van der Waals surface area (Å²) >= 11 is 0. The van der Waals surface area contributed by atoms with E-state index in [2.05, 4.69) is 36.6 Å². The quantitative estimate of drug-likeness (QED) is 0.0822. The lowest BCUT2D eigenvalue weighted by molar-refractivity contribution is -0.136. The van der Waals surface area contributed by atoms with E-state index in [9.17, 15) is 32.8 Å². The monoisotopic (exact) mass is 775 g/mol. The van der Waals surface area contributed by atoms with Gasteiger partial charge in [0.05, 0.1) is 74.1 Å². The molecule has 2 atom stereocenters. The second-order valence-electron chi connectivity index (χ2n) is 13.0. The van der Waals surface area contributed by atoms with Crippen LogP contribution in [0.15, 0.2) is 42.7 Å². The second kappa shape index (κ2) is 18.5. The molecule has 17 nitrogen and oxygen atoms in total. The Kier molecular flexibility index (Phi) is 13.1. The molecule has 6 rings (SSSR count). The number of aromatic nitrogens is 2. The van der Waals surface area contributed by atoms with Gasteiger partial charge in [0.25, 0.3) is 17.7 Å². The summed E-state index contributed by atoms with van der Waals surface area (Å²) in [5.41, 5.74) is 1.45. The second-order valence-corrected chi connectivity index (χ2v) is 13.0. The molecule has 0 radical (unpaired) electrons. The minimum Gasteiger partial charge on any atom is -0.382 e. The number of nitrogens with one attached hydrogen (secondary N) is 5. The summed E-state index contributed by atoms with van der Waals surface area (Å²) in [5, 5.41) is 22.7. The van der Waals surface area contributed by atoms with E-state index >= 15 is 0 Å². The molecule has 56 heavy (non-hydrogen) atoms. The first-order chi connectivity index (χ1) is 27.1. The van der Waals surface area contributed by atoms with Crippen molar-refractivity contribution in [1.82, 2.24) is 25.5 Å². The van der Waals surface area contributed by atoms with Crippen molar-refractivity contribution in [3.05, 3.63) is 70.8 Å². The van der Waals surface area contributed by atoms with E-state index in [1.54, 1.807) is 12.1 Å². The number of pyridine rings is 2. The molecule has 1 saturated heterocycles. The summed E-state index contributed by atoms with van der Waals surface area (Å²) in [6.07, 6.45) is 2.96. The Morgan fingerprint density at radius 3 is 2.48 bits per heavy atom. The largest absolute Gasteiger partial charge is 0.382 e. The maximum absolute atomic E-state index is 14.5. The minimum absolute atomic E-state index is 0.0341. The highest BCUT2D eigenvalue weighted by atomic mass is 19.1. The lowest BCUT2D eigenvalue weighted by Gasteiger charge is -2.27. The third-order valence-corrected chi connectivity index (χ3v) is 8.86. The molecule has 3 aliphatic rings. The molecule has 1 aromatic carbocycles. The van der Waals surface area contributed by atoms with E-state index in [4.69, 9.17) is 19.5 Å². The average Bonchev–Trinajstić information content (AvgIpc) is 3.97. The lowest BCUT2D eigenvalue weighted by Crippen LogP contribution is -2.54. The van der Waals surface area contributed by atoms with Gasteiger partial charge in [-0.1, -0.05) is 6.07 Å². The zero-order valence-electron chi connectivity index (χ0n) is 30.1. The highest BCUT2D eigenvalue weighted by Gasteiger charge is 2.45. The Balaban J connectivity index is 0.838. The fourth-order valence-corrected chi connectivity index (χ4v) is 5.91. The van der Waals surface area contributed by atoms with Gasteiger partial charge in [0, 0.05) is 43.2 Å². The molecular weight excluding hydrogens is 736 g/mol. The number of amides is 5. The van der Waals surface area contributed by atoms with Crippen molar-refractivity contribution in [3.63, 3.8) is 0 Å².